The highest BCUT2D eigenvalue weighted by Gasteiger charge is 2.29. The molecule has 1 fully saturated rings. The molecule has 2 aromatic rings. The van der Waals surface area contributed by atoms with Gasteiger partial charge in [0, 0.05) is 6.54 Å². The summed E-state index contributed by atoms with van der Waals surface area (Å²) in [5, 5.41) is 4.04. The largest absolute Gasteiger partial charge is 0.483 e. The average molecular weight is 466 g/mol. The van der Waals surface area contributed by atoms with Gasteiger partial charge < -0.3 is 23.6 Å². The standard InChI is InChI=1S/C20H23F5N2O5/c21-10-16(22)31-17(28)6-9-27-7-4-13(5-8-27)11-29-19-18-14(30-12-20(23,24)25)2-1-3-15(18)32-26-19/h1-3,13,16H,4-12H2. The molecule has 32 heavy (non-hydrogen) atoms. The summed E-state index contributed by atoms with van der Waals surface area (Å²) in [5.41, 5.74) is 0.254. The molecular weight excluding hydrogens is 443 g/mol. The number of ether oxygens (including phenoxy) is 3. The van der Waals surface area contributed by atoms with E-state index in [0.717, 1.165) is 12.8 Å². The first kappa shape index (κ1) is 24.0. The van der Waals surface area contributed by atoms with Crippen LogP contribution in [0.5, 0.6) is 11.6 Å². The second-order valence-electron chi connectivity index (χ2n) is 7.42. The van der Waals surface area contributed by atoms with Crippen molar-refractivity contribution in [2.75, 3.05) is 39.5 Å². The Morgan fingerprint density at radius 3 is 2.69 bits per heavy atom. The van der Waals surface area contributed by atoms with Crippen molar-refractivity contribution in [3.63, 3.8) is 0 Å². The number of piperidine rings is 1. The second kappa shape index (κ2) is 10.8. The fourth-order valence-electron chi connectivity index (χ4n) is 3.37. The Labute approximate surface area is 180 Å². The summed E-state index contributed by atoms with van der Waals surface area (Å²) < 4.78 is 82.2. The Kier molecular flexibility index (Phi) is 8.10. The lowest BCUT2D eigenvalue weighted by molar-refractivity contribution is -0.159. The SMILES string of the molecule is O=C(CCN1CCC(COc2noc3cccc(OCC(F)(F)F)c23)CC1)OC(F)CF. The molecule has 1 atom stereocenters. The first-order valence-corrected chi connectivity index (χ1v) is 10.1. The number of hydrogen-bond donors (Lipinski definition) is 0. The lowest BCUT2D eigenvalue weighted by Gasteiger charge is -2.31. The number of aromatic nitrogens is 1. The molecule has 12 heteroatoms. The van der Waals surface area contributed by atoms with E-state index in [1.54, 1.807) is 6.07 Å². The summed E-state index contributed by atoms with van der Waals surface area (Å²) in [6.07, 6.45) is -5.24. The summed E-state index contributed by atoms with van der Waals surface area (Å²) in [5.74, 6) is -0.588. The molecule has 0 aliphatic carbocycles. The van der Waals surface area contributed by atoms with E-state index in [1.165, 1.54) is 12.1 Å². The number of likely N-dealkylation sites (tertiary alicyclic amines) is 1. The minimum atomic E-state index is -4.48. The molecule has 1 unspecified atom stereocenters. The molecule has 1 aliphatic rings. The van der Waals surface area contributed by atoms with Crippen LogP contribution in [0.1, 0.15) is 19.3 Å². The molecule has 0 radical (unpaired) electrons. The monoisotopic (exact) mass is 466 g/mol. The highest BCUT2D eigenvalue weighted by Crippen LogP contribution is 2.35. The van der Waals surface area contributed by atoms with Crippen LogP contribution in [0, 0.1) is 5.92 Å². The van der Waals surface area contributed by atoms with E-state index in [-0.39, 0.29) is 41.5 Å². The second-order valence-corrected chi connectivity index (χ2v) is 7.42. The molecule has 2 heterocycles. The normalized spacial score (nSPS) is 16.8. The Hall–Kier alpha value is -2.63. The third-order valence-electron chi connectivity index (χ3n) is 5.00. The van der Waals surface area contributed by atoms with Crippen LogP contribution in [-0.4, -0.2) is 68.1 Å². The lowest BCUT2D eigenvalue weighted by Crippen LogP contribution is -2.37. The number of rotatable bonds is 10. The fourth-order valence-corrected chi connectivity index (χ4v) is 3.37. The van der Waals surface area contributed by atoms with Crippen molar-refractivity contribution in [2.24, 2.45) is 5.92 Å². The van der Waals surface area contributed by atoms with Gasteiger partial charge in [-0.2, -0.15) is 17.6 Å². The fraction of sp³-hybridized carbons (Fsp3) is 0.600. The van der Waals surface area contributed by atoms with Crippen molar-refractivity contribution in [3.05, 3.63) is 18.2 Å². The maximum absolute atomic E-state index is 12.7. The van der Waals surface area contributed by atoms with Crippen LogP contribution < -0.4 is 9.47 Å². The van der Waals surface area contributed by atoms with Crippen molar-refractivity contribution in [3.8, 4) is 11.6 Å². The molecular formula is C20H23F5N2O5. The summed E-state index contributed by atoms with van der Waals surface area (Å²) in [4.78, 5) is 13.4. The summed E-state index contributed by atoms with van der Waals surface area (Å²) in [7, 11) is 0. The molecule has 178 valence electrons. The molecule has 0 N–H and O–H groups in total. The number of nitrogens with zero attached hydrogens (tertiary/aromatic N) is 2. The number of carbonyl (C=O) groups excluding carboxylic acids is 1. The van der Waals surface area contributed by atoms with E-state index >= 15 is 0 Å². The Morgan fingerprint density at radius 2 is 2.00 bits per heavy atom. The van der Waals surface area contributed by atoms with E-state index < -0.39 is 31.8 Å². The maximum atomic E-state index is 12.7. The summed E-state index contributed by atoms with van der Waals surface area (Å²) >= 11 is 0. The van der Waals surface area contributed by atoms with Crippen LogP contribution in [0.15, 0.2) is 22.7 Å². The summed E-state index contributed by atoms with van der Waals surface area (Å²) in [6.45, 7) is -0.813. The van der Waals surface area contributed by atoms with Crippen LogP contribution in [0.2, 0.25) is 0 Å². The van der Waals surface area contributed by atoms with Crippen LogP contribution in [0.25, 0.3) is 11.0 Å². The van der Waals surface area contributed by atoms with Gasteiger partial charge in [0.2, 0.25) is 0 Å². The highest BCUT2D eigenvalue weighted by atomic mass is 19.4. The minimum absolute atomic E-state index is 0.0268. The molecule has 1 aromatic carbocycles. The number of esters is 1. The third kappa shape index (κ3) is 6.94. The van der Waals surface area contributed by atoms with Crippen molar-refractivity contribution in [2.45, 2.75) is 31.8 Å². The zero-order valence-corrected chi connectivity index (χ0v) is 17.1. The first-order chi connectivity index (χ1) is 15.2. The van der Waals surface area contributed by atoms with Gasteiger partial charge in [-0.15, -0.1) is 0 Å². The van der Waals surface area contributed by atoms with Crippen LogP contribution in [-0.2, 0) is 9.53 Å². The van der Waals surface area contributed by atoms with Gasteiger partial charge in [0.15, 0.2) is 18.9 Å². The number of alkyl halides is 5. The van der Waals surface area contributed by atoms with Crippen LogP contribution in [0.4, 0.5) is 22.0 Å². The van der Waals surface area contributed by atoms with Crippen molar-refractivity contribution in [1.29, 1.82) is 0 Å². The highest BCUT2D eigenvalue weighted by molar-refractivity contribution is 5.88. The number of carbonyl (C=O) groups is 1. The van der Waals surface area contributed by atoms with E-state index in [1.807, 2.05) is 4.90 Å². The number of halogens is 5. The molecule has 0 amide bonds. The molecule has 7 nitrogen and oxygen atoms in total. The van der Waals surface area contributed by atoms with Gasteiger partial charge in [0.25, 0.3) is 12.2 Å². The molecule has 0 bridgehead atoms. The first-order valence-electron chi connectivity index (χ1n) is 10.1. The van der Waals surface area contributed by atoms with E-state index in [9.17, 15) is 26.7 Å². The molecule has 3 rings (SSSR count). The Balaban J connectivity index is 1.47. The minimum Gasteiger partial charge on any atom is -0.483 e. The molecule has 1 aliphatic heterocycles. The predicted octanol–water partition coefficient (Wildman–Crippen LogP) is 4.06. The van der Waals surface area contributed by atoms with E-state index in [4.69, 9.17) is 14.0 Å². The van der Waals surface area contributed by atoms with E-state index in [2.05, 4.69) is 9.89 Å². The zero-order chi connectivity index (χ0) is 23.1. The molecule has 0 spiro atoms. The Bertz CT molecular complexity index is 883. The molecule has 1 saturated heterocycles. The number of benzene rings is 1. The van der Waals surface area contributed by atoms with Gasteiger partial charge in [-0.05, 0) is 49.1 Å². The molecule has 0 saturated carbocycles. The van der Waals surface area contributed by atoms with Crippen molar-refractivity contribution < 1.29 is 45.5 Å². The topological polar surface area (TPSA) is 74.0 Å². The van der Waals surface area contributed by atoms with Gasteiger partial charge in [-0.25, -0.2) is 4.39 Å². The molecule has 1 aromatic heterocycles. The van der Waals surface area contributed by atoms with E-state index in [0.29, 0.717) is 19.6 Å². The Morgan fingerprint density at radius 1 is 1.25 bits per heavy atom. The van der Waals surface area contributed by atoms with Crippen LogP contribution in [0.3, 0.4) is 0 Å². The quantitative estimate of drug-likeness (QED) is 0.386. The number of fused-ring (bicyclic) bond motifs is 1. The van der Waals surface area contributed by atoms with Gasteiger partial charge in [-0.1, -0.05) is 6.07 Å². The van der Waals surface area contributed by atoms with Crippen molar-refractivity contribution in [1.82, 2.24) is 10.1 Å². The van der Waals surface area contributed by atoms with Gasteiger partial charge in [-0.3, -0.25) is 4.79 Å². The van der Waals surface area contributed by atoms with Gasteiger partial charge in [0.1, 0.15) is 11.1 Å². The smallest absolute Gasteiger partial charge is 0.422 e. The number of hydrogen-bond acceptors (Lipinski definition) is 7. The van der Waals surface area contributed by atoms with Gasteiger partial charge in [0.05, 0.1) is 13.0 Å². The van der Waals surface area contributed by atoms with Gasteiger partial charge >= 0.3 is 12.1 Å². The summed E-state index contributed by atoms with van der Waals surface area (Å²) in [6, 6.07) is 4.44. The van der Waals surface area contributed by atoms with Crippen molar-refractivity contribution >= 4 is 16.9 Å². The van der Waals surface area contributed by atoms with Crippen LogP contribution >= 0.6 is 0 Å². The average Bonchev–Trinajstić information content (AvgIpc) is 3.18. The third-order valence-corrected chi connectivity index (χ3v) is 5.00. The lowest BCUT2D eigenvalue weighted by atomic mass is 9.98. The maximum Gasteiger partial charge on any atom is 0.422 e. The predicted molar refractivity (Wildman–Crippen MR) is 102 cm³/mol. The zero-order valence-electron chi connectivity index (χ0n) is 17.1.